The molecule has 5 nitrogen and oxygen atoms in total. The van der Waals surface area contributed by atoms with Crippen LogP contribution in [-0.2, 0) is 4.79 Å². The van der Waals surface area contributed by atoms with Gasteiger partial charge in [0.1, 0.15) is 11.2 Å². The van der Waals surface area contributed by atoms with Crippen LogP contribution in [0.1, 0.15) is 12.1 Å². The molecule has 0 aromatic carbocycles. The number of rotatable bonds is 1. The number of hydrogen-bond acceptors (Lipinski definition) is 3. The number of nitrogens with zero attached hydrogens (tertiary/aromatic N) is 2. The second-order valence-corrected chi connectivity index (χ2v) is 2.91. The van der Waals surface area contributed by atoms with E-state index in [1.54, 1.807) is 12.4 Å². The van der Waals surface area contributed by atoms with Crippen LogP contribution in [0.5, 0.6) is 0 Å². The molecule has 0 aliphatic rings. The van der Waals surface area contributed by atoms with Gasteiger partial charge in [-0.05, 0) is 12.0 Å². The summed E-state index contributed by atoms with van der Waals surface area (Å²) >= 11 is 0. The van der Waals surface area contributed by atoms with Crippen molar-refractivity contribution >= 4 is 17.1 Å². The van der Waals surface area contributed by atoms with E-state index in [-0.39, 0.29) is 6.42 Å². The molecule has 0 unspecified atom stereocenters. The van der Waals surface area contributed by atoms with E-state index in [0.29, 0.717) is 5.69 Å². The number of amides is 1. The van der Waals surface area contributed by atoms with Gasteiger partial charge >= 0.3 is 0 Å². The molecular formula is C10H8N4O. The van der Waals surface area contributed by atoms with Crippen LogP contribution in [0.25, 0.3) is 11.2 Å². The summed E-state index contributed by atoms with van der Waals surface area (Å²) in [4.78, 5) is 21.7. The fourth-order valence-electron chi connectivity index (χ4n) is 1.11. The number of H-pyrrole nitrogens is 1. The Morgan fingerprint density at radius 1 is 1.60 bits per heavy atom. The van der Waals surface area contributed by atoms with E-state index >= 15 is 0 Å². The van der Waals surface area contributed by atoms with Crippen LogP contribution in [0.4, 0.5) is 0 Å². The second-order valence-electron chi connectivity index (χ2n) is 2.91. The highest BCUT2D eigenvalue weighted by Crippen LogP contribution is 2.05. The molecule has 0 radical (unpaired) electrons. The lowest BCUT2D eigenvalue weighted by atomic mass is 10.3. The van der Waals surface area contributed by atoms with Gasteiger partial charge in [0.15, 0.2) is 5.65 Å². The smallest absolute Gasteiger partial charge is 0.229 e. The van der Waals surface area contributed by atoms with Crippen LogP contribution in [0, 0.1) is 11.8 Å². The number of carbonyl (C=O) groups is 1. The van der Waals surface area contributed by atoms with Crippen molar-refractivity contribution in [2.24, 2.45) is 5.73 Å². The number of hydrogen-bond donors (Lipinski definition) is 2. The van der Waals surface area contributed by atoms with E-state index < -0.39 is 5.91 Å². The first-order valence-corrected chi connectivity index (χ1v) is 4.33. The highest BCUT2D eigenvalue weighted by atomic mass is 16.1. The van der Waals surface area contributed by atoms with Gasteiger partial charge in [-0.1, -0.05) is 5.92 Å². The van der Waals surface area contributed by atoms with Crippen molar-refractivity contribution in [3.63, 3.8) is 0 Å². The van der Waals surface area contributed by atoms with Crippen molar-refractivity contribution in [1.29, 1.82) is 0 Å². The number of nitrogens with one attached hydrogen (secondary N) is 1. The Morgan fingerprint density at radius 3 is 3.27 bits per heavy atom. The van der Waals surface area contributed by atoms with E-state index in [9.17, 15) is 4.79 Å². The van der Waals surface area contributed by atoms with Crippen molar-refractivity contribution in [3.8, 4) is 11.8 Å². The zero-order chi connectivity index (χ0) is 10.7. The zero-order valence-corrected chi connectivity index (χ0v) is 7.82. The highest BCUT2D eigenvalue weighted by molar-refractivity contribution is 5.76. The lowest BCUT2D eigenvalue weighted by Gasteiger charge is -1.89. The van der Waals surface area contributed by atoms with Gasteiger partial charge in [-0.25, -0.2) is 9.97 Å². The largest absolute Gasteiger partial charge is 0.369 e. The van der Waals surface area contributed by atoms with Crippen molar-refractivity contribution in [3.05, 3.63) is 24.2 Å². The number of primary amides is 1. The molecule has 0 atom stereocenters. The van der Waals surface area contributed by atoms with Crippen molar-refractivity contribution in [1.82, 2.24) is 15.0 Å². The molecule has 5 heteroatoms. The molecule has 74 valence electrons. The molecule has 0 bridgehead atoms. The predicted octanol–water partition coefficient (Wildman–Crippen LogP) is 0.185. The lowest BCUT2D eigenvalue weighted by Crippen LogP contribution is -2.08. The first-order chi connectivity index (χ1) is 7.25. The van der Waals surface area contributed by atoms with Crippen LogP contribution in [-0.4, -0.2) is 20.9 Å². The van der Waals surface area contributed by atoms with Gasteiger partial charge in [0, 0.05) is 6.20 Å². The normalized spacial score (nSPS) is 9.60. The van der Waals surface area contributed by atoms with E-state index in [0.717, 1.165) is 11.2 Å². The van der Waals surface area contributed by atoms with E-state index in [1.807, 2.05) is 6.07 Å². The monoisotopic (exact) mass is 200 g/mol. The predicted molar refractivity (Wildman–Crippen MR) is 54.6 cm³/mol. The summed E-state index contributed by atoms with van der Waals surface area (Å²) in [6.45, 7) is 0. The molecule has 2 aromatic rings. The molecular weight excluding hydrogens is 192 g/mol. The standard InChI is InChI=1S/C10H8N4O/c11-9(15)3-1-2-7-6-13-10-8(14-7)4-5-12-10/h4-6H,3H2,(H2,11,15)(H,12,13). The Morgan fingerprint density at radius 2 is 2.47 bits per heavy atom. The zero-order valence-electron chi connectivity index (χ0n) is 7.82. The molecule has 0 aliphatic heterocycles. The molecule has 2 aromatic heterocycles. The quantitative estimate of drug-likeness (QED) is 0.644. The minimum Gasteiger partial charge on any atom is -0.369 e. The van der Waals surface area contributed by atoms with Gasteiger partial charge in [-0.2, -0.15) is 0 Å². The van der Waals surface area contributed by atoms with Crippen LogP contribution < -0.4 is 5.73 Å². The second kappa shape index (κ2) is 3.80. The van der Waals surface area contributed by atoms with E-state index in [1.165, 1.54) is 0 Å². The van der Waals surface area contributed by atoms with Gasteiger partial charge in [0.05, 0.1) is 12.6 Å². The van der Waals surface area contributed by atoms with Crippen LogP contribution in [0.3, 0.4) is 0 Å². The molecule has 0 saturated carbocycles. The van der Waals surface area contributed by atoms with Gasteiger partial charge in [0.2, 0.25) is 5.91 Å². The first-order valence-electron chi connectivity index (χ1n) is 4.33. The van der Waals surface area contributed by atoms with Gasteiger partial charge < -0.3 is 10.7 Å². The Labute approximate surface area is 85.7 Å². The van der Waals surface area contributed by atoms with E-state index in [2.05, 4.69) is 26.8 Å². The number of fused-ring (bicyclic) bond motifs is 1. The molecule has 15 heavy (non-hydrogen) atoms. The number of nitrogens with two attached hydrogens (primary N) is 1. The third-order valence-corrected chi connectivity index (χ3v) is 1.74. The minimum atomic E-state index is -0.446. The summed E-state index contributed by atoms with van der Waals surface area (Å²) in [5, 5.41) is 0. The summed E-state index contributed by atoms with van der Waals surface area (Å²) in [5.74, 6) is 4.89. The Kier molecular flexibility index (Phi) is 2.33. The fourth-order valence-corrected chi connectivity index (χ4v) is 1.11. The Balaban J connectivity index is 2.27. The molecule has 0 fully saturated rings. The topological polar surface area (TPSA) is 84.7 Å². The van der Waals surface area contributed by atoms with Gasteiger partial charge in [-0.15, -0.1) is 0 Å². The summed E-state index contributed by atoms with van der Waals surface area (Å²) < 4.78 is 0. The third-order valence-electron chi connectivity index (χ3n) is 1.74. The summed E-state index contributed by atoms with van der Waals surface area (Å²) in [6.07, 6.45) is 3.34. The summed E-state index contributed by atoms with van der Waals surface area (Å²) in [7, 11) is 0. The lowest BCUT2D eigenvalue weighted by molar-refractivity contribution is -0.117. The van der Waals surface area contributed by atoms with Crippen LogP contribution in [0.2, 0.25) is 0 Å². The molecule has 0 saturated heterocycles. The average Bonchev–Trinajstić information content (AvgIpc) is 2.64. The van der Waals surface area contributed by atoms with Crippen LogP contribution >= 0.6 is 0 Å². The third kappa shape index (κ3) is 2.11. The first kappa shape index (κ1) is 9.21. The van der Waals surface area contributed by atoms with Gasteiger partial charge in [-0.3, -0.25) is 4.79 Å². The fraction of sp³-hybridized carbons (Fsp3) is 0.100. The average molecular weight is 200 g/mol. The maximum atomic E-state index is 10.4. The maximum absolute atomic E-state index is 10.4. The molecule has 2 heterocycles. The highest BCUT2D eigenvalue weighted by Gasteiger charge is 1.97. The SMILES string of the molecule is NC(=O)CC#Cc1cnc2[nH]ccc2n1. The Hall–Kier alpha value is -2.35. The molecule has 3 N–H and O–H groups in total. The molecule has 0 spiro atoms. The molecule has 1 amide bonds. The Bertz CT molecular complexity index is 561. The van der Waals surface area contributed by atoms with E-state index in [4.69, 9.17) is 5.73 Å². The van der Waals surface area contributed by atoms with Gasteiger partial charge in [0.25, 0.3) is 0 Å². The maximum Gasteiger partial charge on any atom is 0.229 e. The number of aromatic amines is 1. The van der Waals surface area contributed by atoms with Crippen molar-refractivity contribution in [2.75, 3.05) is 0 Å². The minimum absolute atomic E-state index is 0.0346. The summed E-state index contributed by atoms with van der Waals surface area (Å²) in [5.41, 5.74) is 6.95. The van der Waals surface area contributed by atoms with Crippen LogP contribution in [0.15, 0.2) is 18.5 Å². The molecule has 0 aliphatic carbocycles. The molecule has 2 rings (SSSR count). The summed E-state index contributed by atoms with van der Waals surface area (Å²) in [6, 6.07) is 1.81. The number of aromatic nitrogens is 3. The van der Waals surface area contributed by atoms with Crippen molar-refractivity contribution in [2.45, 2.75) is 6.42 Å². The number of carbonyl (C=O) groups excluding carboxylic acids is 1. The van der Waals surface area contributed by atoms with Crippen molar-refractivity contribution < 1.29 is 4.79 Å².